The van der Waals surface area contributed by atoms with Crippen LogP contribution in [0, 0.1) is 0 Å². The minimum atomic E-state index is -5.17. The number of carboxylic acid groups (broad SMARTS) is 1. The summed E-state index contributed by atoms with van der Waals surface area (Å²) in [5.74, 6) is -0.833. The summed E-state index contributed by atoms with van der Waals surface area (Å²) in [6.45, 7) is 1.08. The number of rotatable bonds is 0. The Balaban J connectivity index is -0.0000000910. The van der Waals surface area contributed by atoms with Crippen LogP contribution in [0.25, 0.3) is 0 Å². The summed E-state index contributed by atoms with van der Waals surface area (Å²) in [5.41, 5.74) is 0. The molecule has 0 amide bonds. The Hall–Kier alpha value is -0.141. The van der Waals surface area contributed by atoms with Crippen LogP contribution >= 0.6 is 0 Å². The number of aliphatic carboxylic acids is 1. The molecule has 0 saturated heterocycles. The van der Waals surface area contributed by atoms with Gasteiger partial charge in [0.2, 0.25) is 0 Å². The smallest absolute Gasteiger partial charge is 0.759 e. The van der Waals surface area contributed by atoms with Gasteiger partial charge in [0.15, 0.2) is 0 Å². The minimum Gasteiger partial charge on any atom is -0.759 e. The van der Waals surface area contributed by atoms with Crippen LogP contribution < -0.4 is 0 Å². The Morgan fingerprint density at radius 2 is 1.40 bits per heavy atom. The van der Waals surface area contributed by atoms with E-state index in [2.05, 4.69) is 0 Å². The van der Waals surface area contributed by atoms with Crippen molar-refractivity contribution in [1.82, 2.24) is 0 Å². The molecule has 0 rings (SSSR count). The van der Waals surface area contributed by atoms with Gasteiger partial charge in [0.1, 0.15) is 0 Å². The number of carbonyl (C=O) groups is 1. The SMILES string of the molecule is CC(=O)O.O=S(=O)([O-])[O-].[Cu+2]. The van der Waals surface area contributed by atoms with Gasteiger partial charge in [-0.05, 0) is 0 Å². The molecule has 0 aromatic rings. The van der Waals surface area contributed by atoms with E-state index in [4.69, 9.17) is 27.4 Å². The van der Waals surface area contributed by atoms with Gasteiger partial charge in [-0.25, -0.2) is 0 Å². The second-order valence-electron chi connectivity index (χ2n) is 0.927. The molecule has 0 aliphatic heterocycles. The fourth-order valence-corrected chi connectivity index (χ4v) is 0. The van der Waals surface area contributed by atoms with Crippen molar-refractivity contribution in [3.8, 4) is 0 Å². The zero-order chi connectivity index (χ0) is 8.08. The predicted octanol–water partition coefficient (Wildman–Crippen LogP) is -1.25. The van der Waals surface area contributed by atoms with Gasteiger partial charge < -0.3 is 14.2 Å². The molecule has 0 aromatic carbocycles. The summed E-state index contributed by atoms with van der Waals surface area (Å²) in [6.07, 6.45) is 0. The molecular formula is C2H4CuO6S. The maximum Gasteiger partial charge on any atom is 2.00 e. The van der Waals surface area contributed by atoms with E-state index in [-0.39, 0.29) is 17.1 Å². The molecule has 0 bridgehead atoms. The van der Waals surface area contributed by atoms with Gasteiger partial charge in [-0.1, -0.05) is 0 Å². The summed E-state index contributed by atoms with van der Waals surface area (Å²) < 4.78 is 34.1. The maximum absolute atomic E-state index is 9.00. The molecule has 0 aromatic heterocycles. The van der Waals surface area contributed by atoms with Crippen molar-refractivity contribution in [2.75, 3.05) is 0 Å². The number of hydrogen-bond donors (Lipinski definition) is 1. The molecule has 0 unspecified atom stereocenters. The van der Waals surface area contributed by atoms with Gasteiger partial charge in [-0.3, -0.25) is 13.2 Å². The fourth-order valence-electron chi connectivity index (χ4n) is 0. The van der Waals surface area contributed by atoms with Crippen molar-refractivity contribution in [2.24, 2.45) is 0 Å². The first-order valence-electron chi connectivity index (χ1n) is 1.59. The normalized spacial score (nSPS) is 8.30. The van der Waals surface area contributed by atoms with Crippen LogP contribution in [0.3, 0.4) is 0 Å². The zero-order valence-electron chi connectivity index (χ0n) is 4.70. The molecular weight excluding hydrogens is 216 g/mol. The van der Waals surface area contributed by atoms with Crippen LogP contribution in [0.1, 0.15) is 6.92 Å². The first-order valence-corrected chi connectivity index (χ1v) is 2.93. The van der Waals surface area contributed by atoms with E-state index in [1.54, 1.807) is 0 Å². The largest absolute Gasteiger partial charge is 2.00 e. The molecule has 0 aliphatic carbocycles. The summed E-state index contributed by atoms with van der Waals surface area (Å²) in [7, 11) is -5.17. The number of hydrogen-bond acceptors (Lipinski definition) is 5. The topological polar surface area (TPSA) is 118 Å². The van der Waals surface area contributed by atoms with Crippen LogP contribution in [-0.4, -0.2) is 28.6 Å². The zero-order valence-corrected chi connectivity index (χ0v) is 6.46. The van der Waals surface area contributed by atoms with Crippen molar-refractivity contribution in [2.45, 2.75) is 6.92 Å². The first-order chi connectivity index (χ1) is 3.73. The molecule has 0 spiro atoms. The summed E-state index contributed by atoms with van der Waals surface area (Å²) >= 11 is 0. The molecule has 10 heavy (non-hydrogen) atoms. The maximum atomic E-state index is 9.00. The van der Waals surface area contributed by atoms with E-state index in [1.165, 1.54) is 0 Å². The average Bonchev–Trinajstić information content (AvgIpc) is 1.19. The second kappa shape index (κ2) is 6.97. The van der Waals surface area contributed by atoms with Crippen molar-refractivity contribution < 1.29 is 44.5 Å². The summed E-state index contributed by atoms with van der Waals surface area (Å²) in [4.78, 5) is 9.00. The van der Waals surface area contributed by atoms with E-state index in [9.17, 15) is 0 Å². The van der Waals surface area contributed by atoms with E-state index in [1.807, 2.05) is 0 Å². The molecule has 0 saturated carbocycles. The van der Waals surface area contributed by atoms with Gasteiger partial charge >= 0.3 is 17.1 Å². The van der Waals surface area contributed by atoms with Crippen molar-refractivity contribution >= 4 is 16.4 Å². The molecule has 1 N–H and O–H groups in total. The standard InChI is InChI=1S/C2H4O2.Cu.H2O4S/c1-2(3)4;;1-5(2,3)4/h1H3,(H,3,4);;(H2,1,2,3,4)/q;+2;/p-2. The van der Waals surface area contributed by atoms with Crippen molar-refractivity contribution in [3.05, 3.63) is 0 Å². The fraction of sp³-hybridized carbons (Fsp3) is 0.500. The van der Waals surface area contributed by atoms with E-state index < -0.39 is 16.4 Å². The minimum absolute atomic E-state index is 0. The Morgan fingerprint density at radius 3 is 1.40 bits per heavy atom. The average molecular weight is 220 g/mol. The van der Waals surface area contributed by atoms with E-state index >= 15 is 0 Å². The van der Waals surface area contributed by atoms with Gasteiger partial charge in [-0.2, -0.15) is 0 Å². The molecule has 65 valence electrons. The van der Waals surface area contributed by atoms with Crippen LogP contribution in [0.2, 0.25) is 0 Å². The van der Waals surface area contributed by atoms with Crippen LogP contribution in [0.15, 0.2) is 0 Å². The Kier molecular flexibility index (Phi) is 11.5. The van der Waals surface area contributed by atoms with E-state index in [0.29, 0.717) is 0 Å². The Bertz CT molecular complexity index is 158. The van der Waals surface area contributed by atoms with Crippen LogP contribution in [0.4, 0.5) is 0 Å². The quantitative estimate of drug-likeness (QED) is 0.309. The van der Waals surface area contributed by atoms with Gasteiger partial charge in [-0.15, -0.1) is 0 Å². The molecule has 0 aliphatic rings. The summed E-state index contributed by atoms with van der Waals surface area (Å²) in [5, 5.41) is 7.42. The van der Waals surface area contributed by atoms with Crippen LogP contribution in [-0.2, 0) is 32.3 Å². The molecule has 8 heteroatoms. The van der Waals surface area contributed by atoms with Crippen LogP contribution in [0.5, 0.6) is 0 Å². The molecule has 0 atom stereocenters. The number of carboxylic acids is 1. The third-order valence-electron chi connectivity index (χ3n) is 0. The van der Waals surface area contributed by atoms with Gasteiger partial charge in [0.05, 0.1) is 0 Å². The van der Waals surface area contributed by atoms with E-state index in [0.717, 1.165) is 6.92 Å². The molecule has 0 heterocycles. The molecule has 1 radical (unpaired) electrons. The first kappa shape index (κ1) is 16.4. The van der Waals surface area contributed by atoms with Crippen molar-refractivity contribution in [3.63, 3.8) is 0 Å². The summed E-state index contributed by atoms with van der Waals surface area (Å²) in [6, 6.07) is 0. The van der Waals surface area contributed by atoms with Crippen molar-refractivity contribution in [1.29, 1.82) is 0 Å². The monoisotopic (exact) mass is 219 g/mol. The van der Waals surface area contributed by atoms with Gasteiger partial charge in [0.25, 0.3) is 5.97 Å². The Morgan fingerprint density at radius 1 is 1.40 bits per heavy atom. The van der Waals surface area contributed by atoms with Gasteiger partial charge in [0, 0.05) is 17.3 Å². The second-order valence-corrected chi connectivity index (χ2v) is 1.74. The molecule has 6 nitrogen and oxygen atoms in total. The third kappa shape index (κ3) is 18700. The Labute approximate surface area is 68.3 Å². The molecule has 0 fully saturated rings. The predicted molar refractivity (Wildman–Crippen MR) is 23.8 cm³/mol. The third-order valence-corrected chi connectivity index (χ3v) is 0.